The van der Waals surface area contributed by atoms with E-state index in [2.05, 4.69) is 15.4 Å². The monoisotopic (exact) mass is 435 g/mol. The Morgan fingerprint density at radius 3 is 2.29 bits per heavy atom. The summed E-state index contributed by atoms with van der Waals surface area (Å²) in [5, 5.41) is 5.98. The van der Waals surface area contributed by atoms with E-state index in [4.69, 9.17) is 23.8 Å². The summed E-state index contributed by atoms with van der Waals surface area (Å²) in [5.41, 5.74) is 0.916. The minimum Gasteiger partial charge on any atom is -0.332 e. The molecule has 144 valence electrons. The summed E-state index contributed by atoms with van der Waals surface area (Å²) in [6.07, 6.45) is 0. The van der Waals surface area contributed by atoms with Crippen LogP contribution in [0.4, 0.5) is 21.5 Å². The van der Waals surface area contributed by atoms with Crippen LogP contribution in [0.3, 0.4) is 0 Å². The second kappa shape index (κ2) is 8.55. The van der Waals surface area contributed by atoms with Gasteiger partial charge in [-0.1, -0.05) is 41.9 Å². The van der Waals surface area contributed by atoms with E-state index in [0.29, 0.717) is 5.69 Å². The van der Waals surface area contributed by atoms with Gasteiger partial charge in [-0.2, -0.15) is 0 Å². The van der Waals surface area contributed by atoms with Crippen LogP contribution in [0, 0.1) is 5.82 Å². The van der Waals surface area contributed by atoms with Gasteiger partial charge < -0.3 is 10.6 Å². The summed E-state index contributed by atoms with van der Waals surface area (Å²) in [6.45, 7) is 0. The van der Waals surface area contributed by atoms with Crippen LogP contribution in [0.2, 0.25) is 5.02 Å². The van der Waals surface area contributed by atoms with Gasteiger partial charge in [-0.05, 0) is 54.7 Å². The number of sulfonamides is 1. The molecular formula is C19H15ClFN3O2S2. The number of hydrogen-bond donors (Lipinski definition) is 3. The molecule has 3 rings (SSSR count). The highest BCUT2D eigenvalue weighted by atomic mass is 35.5. The molecule has 0 fully saturated rings. The fourth-order valence-corrected chi connectivity index (χ4v) is 3.93. The van der Waals surface area contributed by atoms with Gasteiger partial charge in [0.05, 0.1) is 21.3 Å². The van der Waals surface area contributed by atoms with Crippen molar-refractivity contribution >= 4 is 56.0 Å². The van der Waals surface area contributed by atoms with Gasteiger partial charge in [-0.3, -0.25) is 4.72 Å². The highest BCUT2D eigenvalue weighted by molar-refractivity contribution is 7.92. The largest absolute Gasteiger partial charge is 0.332 e. The summed E-state index contributed by atoms with van der Waals surface area (Å²) in [5.74, 6) is -0.452. The predicted molar refractivity (Wildman–Crippen MR) is 115 cm³/mol. The predicted octanol–water partition coefficient (Wildman–Crippen LogP) is 5.09. The van der Waals surface area contributed by atoms with Gasteiger partial charge >= 0.3 is 0 Å². The Hall–Kier alpha value is -2.68. The third-order valence-electron chi connectivity index (χ3n) is 3.64. The van der Waals surface area contributed by atoms with Crippen molar-refractivity contribution in [2.24, 2.45) is 0 Å². The first-order valence-electron chi connectivity index (χ1n) is 8.05. The van der Waals surface area contributed by atoms with Gasteiger partial charge in [0.2, 0.25) is 0 Å². The number of rotatable bonds is 5. The summed E-state index contributed by atoms with van der Waals surface area (Å²) < 4.78 is 41.4. The average molecular weight is 436 g/mol. The van der Waals surface area contributed by atoms with E-state index in [-0.39, 0.29) is 26.4 Å². The van der Waals surface area contributed by atoms with Gasteiger partial charge in [-0.15, -0.1) is 0 Å². The second-order valence-corrected chi connectivity index (χ2v) is 8.17. The number of halogens is 2. The number of thiocarbonyl (C=S) groups is 1. The van der Waals surface area contributed by atoms with Crippen molar-refractivity contribution in [2.45, 2.75) is 4.90 Å². The molecule has 28 heavy (non-hydrogen) atoms. The standard InChI is InChI=1S/C19H15ClFN3O2S2/c20-15-8-1-3-10-17(15)24-28(25,26)14-7-5-6-13(12-14)22-19(27)23-18-11-4-2-9-16(18)21/h1-12,24H,(H2,22,23,27). The molecule has 9 heteroatoms. The molecule has 0 aliphatic carbocycles. The van der Waals surface area contributed by atoms with Crippen LogP contribution in [0.25, 0.3) is 0 Å². The van der Waals surface area contributed by atoms with Crippen LogP contribution in [-0.4, -0.2) is 13.5 Å². The van der Waals surface area contributed by atoms with E-state index in [1.165, 1.54) is 24.3 Å². The molecule has 0 bridgehead atoms. The first-order valence-corrected chi connectivity index (χ1v) is 10.3. The SMILES string of the molecule is O=S(=O)(Nc1ccccc1Cl)c1cccc(NC(=S)Nc2ccccc2F)c1. The maximum atomic E-state index is 13.7. The maximum Gasteiger partial charge on any atom is 0.262 e. The minimum atomic E-state index is -3.86. The highest BCUT2D eigenvalue weighted by Crippen LogP contribution is 2.25. The van der Waals surface area contributed by atoms with E-state index in [0.717, 1.165) is 0 Å². The molecule has 0 aliphatic rings. The molecule has 3 N–H and O–H groups in total. The Bertz CT molecular complexity index is 1120. The normalized spacial score (nSPS) is 10.9. The van der Waals surface area contributed by atoms with Crippen molar-refractivity contribution in [3.8, 4) is 0 Å². The molecular weight excluding hydrogens is 421 g/mol. The first-order chi connectivity index (χ1) is 13.3. The summed E-state index contributed by atoms with van der Waals surface area (Å²) >= 11 is 11.2. The molecule has 0 heterocycles. The lowest BCUT2D eigenvalue weighted by Gasteiger charge is -2.13. The lowest BCUT2D eigenvalue weighted by molar-refractivity contribution is 0.601. The zero-order chi connectivity index (χ0) is 20.1. The average Bonchev–Trinajstić information content (AvgIpc) is 2.65. The third-order valence-corrected chi connectivity index (χ3v) is 5.54. The van der Waals surface area contributed by atoms with Gasteiger partial charge in [-0.25, -0.2) is 12.8 Å². The first kappa shape index (κ1) is 20.1. The minimum absolute atomic E-state index is 0.0195. The fourth-order valence-electron chi connectivity index (χ4n) is 2.34. The molecule has 0 amide bonds. The van der Waals surface area contributed by atoms with Gasteiger partial charge in [0.1, 0.15) is 5.82 Å². The van der Waals surface area contributed by atoms with Crippen LogP contribution in [0.15, 0.2) is 77.7 Å². The quantitative estimate of drug-likeness (QED) is 0.487. The molecule has 0 spiro atoms. The number of hydrogen-bond acceptors (Lipinski definition) is 3. The molecule has 0 atom stereocenters. The highest BCUT2D eigenvalue weighted by Gasteiger charge is 2.16. The number of nitrogens with one attached hydrogen (secondary N) is 3. The molecule has 3 aromatic rings. The van der Waals surface area contributed by atoms with Crippen LogP contribution < -0.4 is 15.4 Å². The molecule has 0 saturated heterocycles. The van der Waals surface area contributed by atoms with Gasteiger partial charge in [0.25, 0.3) is 10.0 Å². The van der Waals surface area contributed by atoms with Crippen molar-refractivity contribution < 1.29 is 12.8 Å². The van der Waals surface area contributed by atoms with E-state index < -0.39 is 15.8 Å². The molecule has 0 unspecified atom stereocenters. The third kappa shape index (κ3) is 4.98. The lowest BCUT2D eigenvalue weighted by Crippen LogP contribution is -2.20. The molecule has 5 nitrogen and oxygen atoms in total. The van der Waals surface area contributed by atoms with Crippen molar-refractivity contribution in [2.75, 3.05) is 15.4 Å². The Labute approximate surface area is 172 Å². The number of anilines is 3. The van der Waals surface area contributed by atoms with Gasteiger partial charge in [0.15, 0.2) is 5.11 Å². The Balaban J connectivity index is 1.75. The molecule has 0 aliphatic heterocycles. The van der Waals surface area contributed by atoms with Crippen LogP contribution in [0.5, 0.6) is 0 Å². The van der Waals surface area contributed by atoms with E-state index >= 15 is 0 Å². The van der Waals surface area contributed by atoms with Crippen molar-refractivity contribution in [1.29, 1.82) is 0 Å². The van der Waals surface area contributed by atoms with Crippen molar-refractivity contribution in [1.82, 2.24) is 0 Å². The van der Waals surface area contributed by atoms with Crippen LogP contribution >= 0.6 is 23.8 Å². The molecule has 0 saturated carbocycles. The number of benzene rings is 3. The van der Waals surface area contributed by atoms with E-state index in [9.17, 15) is 12.8 Å². The van der Waals surface area contributed by atoms with E-state index in [1.807, 2.05) is 0 Å². The lowest BCUT2D eigenvalue weighted by atomic mass is 10.3. The smallest absolute Gasteiger partial charge is 0.262 e. The van der Waals surface area contributed by atoms with Gasteiger partial charge in [0, 0.05) is 5.69 Å². The fraction of sp³-hybridized carbons (Fsp3) is 0. The zero-order valence-electron chi connectivity index (χ0n) is 14.3. The summed E-state index contributed by atoms with van der Waals surface area (Å²) in [7, 11) is -3.86. The Morgan fingerprint density at radius 2 is 1.57 bits per heavy atom. The van der Waals surface area contributed by atoms with Crippen molar-refractivity contribution in [3.05, 3.63) is 83.6 Å². The van der Waals surface area contributed by atoms with E-state index in [1.54, 1.807) is 48.5 Å². The molecule has 0 radical (unpaired) electrons. The van der Waals surface area contributed by atoms with Crippen LogP contribution in [0.1, 0.15) is 0 Å². The molecule has 3 aromatic carbocycles. The topological polar surface area (TPSA) is 70.2 Å². The van der Waals surface area contributed by atoms with Crippen LogP contribution in [-0.2, 0) is 10.0 Å². The zero-order valence-corrected chi connectivity index (χ0v) is 16.7. The Kier molecular flexibility index (Phi) is 6.13. The Morgan fingerprint density at radius 1 is 0.893 bits per heavy atom. The maximum absolute atomic E-state index is 13.7. The molecule has 0 aromatic heterocycles. The summed E-state index contributed by atoms with van der Waals surface area (Å²) in [6, 6.07) is 18.7. The van der Waals surface area contributed by atoms with Crippen molar-refractivity contribution in [3.63, 3.8) is 0 Å². The number of para-hydroxylation sites is 2. The summed E-state index contributed by atoms with van der Waals surface area (Å²) in [4.78, 5) is 0.0195. The second-order valence-electron chi connectivity index (χ2n) is 5.67.